The zero-order chi connectivity index (χ0) is 10.1. The van der Waals surface area contributed by atoms with Crippen LogP contribution in [0, 0.1) is 6.92 Å². The topological polar surface area (TPSA) is 38.0 Å². The van der Waals surface area contributed by atoms with Crippen LogP contribution in [0.25, 0.3) is 0 Å². The molecule has 1 unspecified atom stereocenters. The zero-order valence-electron chi connectivity index (χ0n) is 8.21. The average Bonchev–Trinajstić information content (AvgIpc) is 2.30. The van der Waals surface area contributed by atoms with Crippen LogP contribution in [-0.4, -0.2) is 20.5 Å². The lowest BCUT2D eigenvalue weighted by Crippen LogP contribution is -2.29. The molecule has 1 atom stereocenters. The quantitative estimate of drug-likeness (QED) is 0.888. The number of aliphatic hydroxyl groups is 1. The summed E-state index contributed by atoms with van der Waals surface area (Å²) in [4.78, 5) is 0. The Morgan fingerprint density at radius 2 is 2.31 bits per heavy atom. The molecule has 0 aliphatic rings. The molecule has 0 aliphatic carbocycles. The van der Waals surface area contributed by atoms with Gasteiger partial charge in [-0.15, -0.1) is 0 Å². The highest BCUT2D eigenvalue weighted by Crippen LogP contribution is 2.16. The molecule has 0 spiro atoms. The van der Waals surface area contributed by atoms with Crippen LogP contribution >= 0.6 is 15.9 Å². The molecule has 0 aliphatic heterocycles. The lowest BCUT2D eigenvalue weighted by molar-refractivity contribution is 0.0344. The molecule has 1 N–H and O–H groups in total. The predicted octanol–water partition coefficient (Wildman–Crippen LogP) is 2.12. The SMILES string of the molecule is CCC(C)(O)Cn1cc(Br)c(C)n1. The van der Waals surface area contributed by atoms with Crippen LogP contribution in [0.15, 0.2) is 10.7 Å². The minimum Gasteiger partial charge on any atom is -0.388 e. The van der Waals surface area contributed by atoms with Crippen molar-refractivity contribution in [1.82, 2.24) is 9.78 Å². The van der Waals surface area contributed by atoms with Gasteiger partial charge in [-0.1, -0.05) is 6.92 Å². The van der Waals surface area contributed by atoms with E-state index < -0.39 is 5.60 Å². The lowest BCUT2D eigenvalue weighted by Gasteiger charge is -2.20. The van der Waals surface area contributed by atoms with Crippen molar-refractivity contribution in [3.05, 3.63) is 16.4 Å². The monoisotopic (exact) mass is 246 g/mol. The Hall–Kier alpha value is -0.350. The van der Waals surface area contributed by atoms with E-state index in [0.717, 1.165) is 16.6 Å². The molecule has 0 fully saturated rings. The second kappa shape index (κ2) is 3.80. The molecule has 1 heterocycles. The zero-order valence-corrected chi connectivity index (χ0v) is 9.80. The summed E-state index contributed by atoms with van der Waals surface area (Å²) in [6.07, 6.45) is 2.61. The van der Waals surface area contributed by atoms with E-state index in [9.17, 15) is 5.11 Å². The van der Waals surface area contributed by atoms with Crippen molar-refractivity contribution in [2.75, 3.05) is 0 Å². The van der Waals surface area contributed by atoms with Crippen LogP contribution in [0.1, 0.15) is 26.0 Å². The van der Waals surface area contributed by atoms with Crippen molar-refractivity contribution < 1.29 is 5.11 Å². The number of rotatable bonds is 3. The van der Waals surface area contributed by atoms with E-state index in [4.69, 9.17) is 0 Å². The second-order valence-electron chi connectivity index (χ2n) is 3.61. The first-order chi connectivity index (χ1) is 5.94. The van der Waals surface area contributed by atoms with E-state index in [1.54, 1.807) is 4.68 Å². The van der Waals surface area contributed by atoms with Crippen LogP contribution in [0.5, 0.6) is 0 Å². The largest absolute Gasteiger partial charge is 0.388 e. The van der Waals surface area contributed by atoms with Crippen LogP contribution in [0.4, 0.5) is 0 Å². The Morgan fingerprint density at radius 3 is 2.69 bits per heavy atom. The number of aryl methyl sites for hydroxylation is 1. The summed E-state index contributed by atoms with van der Waals surface area (Å²) < 4.78 is 2.75. The third-order valence-corrected chi connectivity index (χ3v) is 2.93. The van der Waals surface area contributed by atoms with Crippen LogP contribution in [0.2, 0.25) is 0 Å². The summed E-state index contributed by atoms with van der Waals surface area (Å²) in [6, 6.07) is 0. The van der Waals surface area contributed by atoms with Crippen LogP contribution < -0.4 is 0 Å². The van der Waals surface area contributed by atoms with Gasteiger partial charge in [0.05, 0.1) is 22.3 Å². The van der Waals surface area contributed by atoms with Gasteiger partial charge in [0.15, 0.2) is 0 Å². The molecular formula is C9H15BrN2O. The maximum atomic E-state index is 9.80. The molecule has 1 aromatic rings. The van der Waals surface area contributed by atoms with Gasteiger partial charge in [-0.25, -0.2) is 0 Å². The van der Waals surface area contributed by atoms with Crippen molar-refractivity contribution in [2.45, 2.75) is 39.3 Å². The Labute approximate surface area is 86.9 Å². The minimum atomic E-state index is -0.669. The molecule has 4 heteroatoms. The maximum Gasteiger partial charge on any atom is 0.0812 e. The Balaban J connectivity index is 2.75. The second-order valence-corrected chi connectivity index (χ2v) is 4.46. The standard InChI is InChI=1S/C9H15BrN2O/c1-4-9(3,13)6-12-5-8(10)7(2)11-12/h5,13H,4,6H2,1-3H3. The van der Waals surface area contributed by atoms with Crippen molar-refractivity contribution in [3.8, 4) is 0 Å². The van der Waals surface area contributed by atoms with Crippen molar-refractivity contribution >= 4 is 15.9 Å². The fraction of sp³-hybridized carbons (Fsp3) is 0.667. The summed E-state index contributed by atoms with van der Waals surface area (Å²) in [6.45, 7) is 6.25. The van der Waals surface area contributed by atoms with Gasteiger partial charge >= 0.3 is 0 Å². The van der Waals surface area contributed by atoms with Gasteiger partial charge in [-0.3, -0.25) is 4.68 Å². The fourth-order valence-electron chi connectivity index (χ4n) is 1.04. The van der Waals surface area contributed by atoms with Crippen molar-refractivity contribution in [1.29, 1.82) is 0 Å². The molecule has 0 amide bonds. The van der Waals surface area contributed by atoms with E-state index in [1.165, 1.54) is 0 Å². The average molecular weight is 247 g/mol. The van der Waals surface area contributed by atoms with E-state index in [2.05, 4.69) is 21.0 Å². The summed E-state index contributed by atoms with van der Waals surface area (Å²) in [7, 11) is 0. The smallest absolute Gasteiger partial charge is 0.0812 e. The maximum absolute atomic E-state index is 9.80. The number of aromatic nitrogens is 2. The van der Waals surface area contributed by atoms with Crippen LogP contribution in [-0.2, 0) is 6.54 Å². The molecular weight excluding hydrogens is 232 g/mol. The third kappa shape index (κ3) is 2.81. The molecule has 1 aromatic heterocycles. The number of halogens is 1. The first-order valence-electron chi connectivity index (χ1n) is 4.36. The van der Waals surface area contributed by atoms with Gasteiger partial charge < -0.3 is 5.11 Å². The minimum absolute atomic E-state index is 0.538. The molecule has 0 saturated heterocycles. The Kier molecular flexibility index (Phi) is 3.14. The lowest BCUT2D eigenvalue weighted by atomic mass is 10.0. The van der Waals surface area contributed by atoms with Crippen molar-refractivity contribution in [3.63, 3.8) is 0 Å². The van der Waals surface area contributed by atoms with E-state index in [-0.39, 0.29) is 0 Å². The van der Waals surface area contributed by atoms with Gasteiger partial charge in [-0.2, -0.15) is 5.10 Å². The molecule has 1 rings (SSSR count). The fourth-order valence-corrected chi connectivity index (χ4v) is 1.35. The first kappa shape index (κ1) is 10.7. The van der Waals surface area contributed by atoms with E-state index >= 15 is 0 Å². The molecule has 0 bridgehead atoms. The van der Waals surface area contributed by atoms with Crippen LogP contribution in [0.3, 0.4) is 0 Å². The summed E-state index contributed by atoms with van der Waals surface area (Å²) in [5.41, 5.74) is 0.282. The number of hydrogen-bond donors (Lipinski definition) is 1. The molecule has 0 saturated carbocycles. The van der Waals surface area contributed by atoms with Gasteiger partial charge in [-0.05, 0) is 36.2 Å². The van der Waals surface area contributed by atoms with Crippen molar-refractivity contribution in [2.24, 2.45) is 0 Å². The van der Waals surface area contributed by atoms with Gasteiger partial charge in [0.25, 0.3) is 0 Å². The third-order valence-electron chi connectivity index (χ3n) is 2.15. The Morgan fingerprint density at radius 1 is 1.69 bits per heavy atom. The highest BCUT2D eigenvalue weighted by Gasteiger charge is 2.18. The number of nitrogens with zero attached hydrogens (tertiary/aromatic N) is 2. The summed E-state index contributed by atoms with van der Waals surface area (Å²) in [5, 5.41) is 14.1. The molecule has 74 valence electrons. The summed E-state index contributed by atoms with van der Waals surface area (Å²) >= 11 is 3.38. The van der Waals surface area contributed by atoms with E-state index in [1.807, 2.05) is 27.0 Å². The predicted molar refractivity (Wildman–Crippen MR) is 55.6 cm³/mol. The normalized spacial score (nSPS) is 15.8. The highest BCUT2D eigenvalue weighted by atomic mass is 79.9. The van der Waals surface area contributed by atoms with Gasteiger partial charge in [0.1, 0.15) is 0 Å². The molecule has 13 heavy (non-hydrogen) atoms. The van der Waals surface area contributed by atoms with E-state index in [0.29, 0.717) is 6.54 Å². The van der Waals surface area contributed by atoms with Gasteiger partial charge in [0, 0.05) is 6.20 Å². The Bertz CT molecular complexity index is 274. The molecule has 0 radical (unpaired) electrons. The highest BCUT2D eigenvalue weighted by molar-refractivity contribution is 9.10. The molecule has 3 nitrogen and oxygen atoms in total. The number of hydrogen-bond acceptors (Lipinski definition) is 2. The van der Waals surface area contributed by atoms with Gasteiger partial charge in [0.2, 0.25) is 0 Å². The molecule has 0 aromatic carbocycles. The summed E-state index contributed by atoms with van der Waals surface area (Å²) in [5.74, 6) is 0. The first-order valence-corrected chi connectivity index (χ1v) is 5.16.